The first kappa shape index (κ1) is 12.8. The Balaban J connectivity index is 2.75. The molecule has 0 bridgehead atoms. The SMILES string of the molecule is CCC(C)CC(OC(C)=O)c1ccccc1. The van der Waals surface area contributed by atoms with Crippen LogP contribution >= 0.6 is 0 Å². The Labute approximate surface area is 97.6 Å². The van der Waals surface area contributed by atoms with E-state index in [2.05, 4.69) is 13.8 Å². The molecule has 0 spiro atoms. The standard InChI is InChI=1S/C14H20O2/c1-4-11(2)10-14(16-12(3)15)13-8-6-5-7-9-13/h5-9,11,14H,4,10H2,1-3H3. The van der Waals surface area contributed by atoms with E-state index in [1.54, 1.807) is 0 Å². The predicted molar refractivity (Wildman–Crippen MR) is 65.0 cm³/mol. The van der Waals surface area contributed by atoms with E-state index in [0.29, 0.717) is 5.92 Å². The highest BCUT2D eigenvalue weighted by atomic mass is 16.5. The summed E-state index contributed by atoms with van der Waals surface area (Å²) in [5, 5.41) is 0. The van der Waals surface area contributed by atoms with E-state index in [-0.39, 0.29) is 12.1 Å². The molecule has 0 aliphatic heterocycles. The molecule has 1 aromatic rings. The Morgan fingerprint density at radius 1 is 1.31 bits per heavy atom. The van der Waals surface area contributed by atoms with Crippen LogP contribution in [0.15, 0.2) is 30.3 Å². The summed E-state index contributed by atoms with van der Waals surface area (Å²) >= 11 is 0. The summed E-state index contributed by atoms with van der Waals surface area (Å²) in [7, 11) is 0. The Hall–Kier alpha value is -1.31. The van der Waals surface area contributed by atoms with Gasteiger partial charge in [-0.15, -0.1) is 0 Å². The number of hydrogen-bond donors (Lipinski definition) is 0. The molecular weight excluding hydrogens is 200 g/mol. The summed E-state index contributed by atoms with van der Waals surface area (Å²) in [6.07, 6.45) is 1.89. The second kappa shape index (κ2) is 6.31. The predicted octanol–water partition coefficient (Wildman–Crippen LogP) is 3.73. The third kappa shape index (κ3) is 4.05. The van der Waals surface area contributed by atoms with Crippen LogP contribution in [0.25, 0.3) is 0 Å². The van der Waals surface area contributed by atoms with E-state index in [4.69, 9.17) is 4.74 Å². The van der Waals surface area contributed by atoms with Gasteiger partial charge in [0.1, 0.15) is 6.10 Å². The fraction of sp³-hybridized carbons (Fsp3) is 0.500. The van der Waals surface area contributed by atoms with E-state index < -0.39 is 0 Å². The molecule has 0 saturated carbocycles. The van der Waals surface area contributed by atoms with Crippen molar-refractivity contribution in [1.82, 2.24) is 0 Å². The summed E-state index contributed by atoms with van der Waals surface area (Å²) in [6, 6.07) is 9.94. The number of hydrogen-bond acceptors (Lipinski definition) is 2. The van der Waals surface area contributed by atoms with Crippen molar-refractivity contribution in [2.75, 3.05) is 0 Å². The van der Waals surface area contributed by atoms with Crippen molar-refractivity contribution in [2.24, 2.45) is 5.92 Å². The maximum absolute atomic E-state index is 11.1. The van der Waals surface area contributed by atoms with Crippen molar-refractivity contribution >= 4 is 5.97 Å². The second-order valence-electron chi connectivity index (χ2n) is 4.26. The minimum atomic E-state index is -0.211. The zero-order valence-corrected chi connectivity index (χ0v) is 10.3. The molecule has 0 radical (unpaired) electrons. The van der Waals surface area contributed by atoms with E-state index in [1.165, 1.54) is 6.92 Å². The van der Waals surface area contributed by atoms with Gasteiger partial charge in [0.05, 0.1) is 0 Å². The number of carbonyl (C=O) groups excluding carboxylic acids is 1. The van der Waals surface area contributed by atoms with Crippen molar-refractivity contribution in [3.63, 3.8) is 0 Å². The fourth-order valence-corrected chi connectivity index (χ4v) is 1.65. The van der Waals surface area contributed by atoms with Crippen LogP contribution in [0.1, 0.15) is 45.3 Å². The first-order valence-electron chi connectivity index (χ1n) is 5.85. The molecule has 1 aromatic carbocycles. The molecule has 1 rings (SSSR count). The molecule has 2 nitrogen and oxygen atoms in total. The summed E-state index contributed by atoms with van der Waals surface area (Å²) in [4.78, 5) is 11.1. The highest BCUT2D eigenvalue weighted by molar-refractivity contribution is 5.66. The van der Waals surface area contributed by atoms with Gasteiger partial charge < -0.3 is 4.74 Å². The molecule has 0 aliphatic rings. The quantitative estimate of drug-likeness (QED) is 0.707. The third-order valence-electron chi connectivity index (χ3n) is 2.79. The summed E-state index contributed by atoms with van der Waals surface area (Å²) in [6.45, 7) is 5.80. The van der Waals surface area contributed by atoms with E-state index in [9.17, 15) is 4.79 Å². The second-order valence-corrected chi connectivity index (χ2v) is 4.26. The molecule has 2 unspecified atom stereocenters. The molecule has 2 heteroatoms. The molecule has 0 heterocycles. The average molecular weight is 220 g/mol. The third-order valence-corrected chi connectivity index (χ3v) is 2.79. The molecule has 0 saturated heterocycles. The van der Waals surface area contributed by atoms with Crippen LogP contribution in [0.5, 0.6) is 0 Å². The van der Waals surface area contributed by atoms with Crippen LogP contribution in [-0.4, -0.2) is 5.97 Å². The van der Waals surface area contributed by atoms with Crippen LogP contribution < -0.4 is 0 Å². The van der Waals surface area contributed by atoms with Gasteiger partial charge in [0.15, 0.2) is 0 Å². The highest BCUT2D eigenvalue weighted by Crippen LogP contribution is 2.26. The zero-order chi connectivity index (χ0) is 12.0. The number of carbonyl (C=O) groups is 1. The first-order valence-corrected chi connectivity index (χ1v) is 5.85. The largest absolute Gasteiger partial charge is 0.458 e. The Bertz CT molecular complexity index is 319. The normalized spacial score (nSPS) is 14.2. The van der Waals surface area contributed by atoms with Crippen molar-refractivity contribution in [2.45, 2.75) is 39.7 Å². The summed E-state index contributed by atoms with van der Waals surface area (Å²) in [5.41, 5.74) is 1.08. The Morgan fingerprint density at radius 3 is 2.44 bits per heavy atom. The summed E-state index contributed by atoms with van der Waals surface area (Å²) < 4.78 is 5.37. The van der Waals surface area contributed by atoms with E-state index in [0.717, 1.165) is 18.4 Å². The molecule has 0 N–H and O–H groups in total. The van der Waals surface area contributed by atoms with Crippen molar-refractivity contribution in [1.29, 1.82) is 0 Å². The summed E-state index contributed by atoms with van der Waals surface area (Å²) in [5.74, 6) is 0.349. The number of rotatable bonds is 5. The van der Waals surface area contributed by atoms with Gasteiger partial charge in [-0.25, -0.2) is 0 Å². The van der Waals surface area contributed by atoms with Crippen LogP contribution in [0, 0.1) is 5.92 Å². The molecule has 2 atom stereocenters. The van der Waals surface area contributed by atoms with Crippen LogP contribution in [-0.2, 0) is 9.53 Å². The van der Waals surface area contributed by atoms with Gasteiger partial charge in [-0.1, -0.05) is 50.6 Å². The van der Waals surface area contributed by atoms with Gasteiger partial charge >= 0.3 is 5.97 Å². The lowest BCUT2D eigenvalue weighted by molar-refractivity contribution is -0.147. The Kier molecular flexibility index (Phi) is 5.03. The van der Waals surface area contributed by atoms with Crippen LogP contribution in [0.4, 0.5) is 0 Å². The van der Waals surface area contributed by atoms with Crippen LogP contribution in [0.3, 0.4) is 0 Å². The number of benzene rings is 1. The number of esters is 1. The smallest absolute Gasteiger partial charge is 0.303 e. The maximum Gasteiger partial charge on any atom is 0.303 e. The monoisotopic (exact) mass is 220 g/mol. The molecule has 0 aliphatic carbocycles. The van der Waals surface area contributed by atoms with Crippen molar-refractivity contribution in [3.05, 3.63) is 35.9 Å². The molecular formula is C14H20O2. The lowest BCUT2D eigenvalue weighted by Gasteiger charge is -2.20. The lowest BCUT2D eigenvalue weighted by Crippen LogP contribution is -2.11. The van der Waals surface area contributed by atoms with Gasteiger partial charge in [0, 0.05) is 6.92 Å². The molecule has 16 heavy (non-hydrogen) atoms. The van der Waals surface area contributed by atoms with Gasteiger partial charge in [-0.2, -0.15) is 0 Å². The van der Waals surface area contributed by atoms with Gasteiger partial charge in [-0.3, -0.25) is 4.79 Å². The van der Waals surface area contributed by atoms with Gasteiger partial charge in [0.25, 0.3) is 0 Å². The zero-order valence-electron chi connectivity index (χ0n) is 10.3. The van der Waals surface area contributed by atoms with Gasteiger partial charge in [-0.05, 0) is 17.9 Å². The fourth-order valence-electron chi connectivity index (χ4n) is 1.65. The topological polar surface area (TPSA) is 26.3 Å². The number of ether oxygens (including phenoxy) is 1. The lowest BCUT2D eigenvalue weighted by atomic mass is 9.96. The van der Waals surface area contributed by atoms with Crippen molar-refractivity contribution < 1.29 is 9.53 Å². The molecule has 0 amide bonds. The molecule has 88 valence electrons. The first-order chi connectivity index (χ1) is 7.63. The average Bonchev–Trinajstić information content (AvgIpc) is 2.28. The van der Waals surface area contributed by atoms with E-state index in [1.807, 2.05) is 30.3 Å². The van der Waals surface area contributed by atoms with Crippen LogP contribution in [0.2, 0.25) is 0 Å². The highest BCUT2D eigenvalue weighted by Gasteiger charge is 2.16. The van der Waals surface area contributed by atoms with Crippen molar-refractivity contribution in [3.8, 4) is 0 Å². The Morgan fingerprint density at radius 2 is 1.94 bits per heavy atom. The molecule has 0 aromatic heterocycles. The maximum atomic E-state index is 11.1. The van der Waals surface area contributed by atoms with Gasteiger partial charge in [0.2, 0.25) is 0 Å². The molecule has 0 fully saturated rings. The van der Waals surface area contributed by atoms with E-state index >= 15 is 0 Å². The minimum Gasteiger partial charge on any atom is -0.458 e. The minimum absolute atomic E-state index is 0.103.